The van der Waals surface area contributed by atoms with E-state index in [4.69, 9.17) is 29.1 Å². The van der Waals surface area contributed by atoms with Gasteiger partial charge in [0.1, 0.15) is 10.7 Å². The van der Waals surface area contributed by atoms with E-state index in [9.17, 15) is 17.2 Å². The summed E-state index contributed by atoms with van der Waals surface area (Å²) in [6.07, 6.45) is 1.43. The van der Waals surface area contributed by atoms with Crippen LogP contribution in [0, 0.1) is 11.6 Å². The third-order valence-corrected chi connectivity index (χ3v) is 6.63. The molecule has 2 aromatic rings. The Hall–Kier alpha value is -3.33. The zero-order valence-corrected chi connectivity index (χ0v) is 21.7. The number of anilines is 1. The number of hydrogen-bond donors (Lipinski definition) is 2. The number of piperazine rings is 1. The minimum atomic E-state index is -3.85. The van der Waals surface area contributed by atoms with E-state index in [1.165, 1.54) is 0 Å². The molecule has 0 aliphatic carbocycles. The Labute approximate surface area is 212 Å². The van der Waals surface area contributed by atoms with Gasteiger partial charge in [-0.2, -0.15) is 4.98 Å². The number of ether oxygens (including phenoxy) is 1. The molecule has 15 heteroatoms. The normalized spacial score (nSPS) is 15.2. The predicted octanol–water partition coefficient (Wildman–Crippen LogP) is 2.01. The largest absolute Gasteiger partial charge is 0.490 e. The number of aliphatic carboxylic acids is 2. The molecular formula is C22H30F2N4O8S. The Morgan fingerprint density at radius 3 is 2.16 bits per heavy atom. The molecule has 0 spiro atoms. The fourth-order valence-corrected chi connectivity index (χ4v) is 4.10. The molecule has 1 aliphatic rings. The average molecular weight is 549 g/mol. The van der Waals surface area contributed by atoms with Crippen LogP contribution in [-0.4, -0.2) is 90.7 Å². The molecule has 1 aromatic carbocycles. The van der Waals surface area contributed by atoms with Crippen LogP contribution >= 0.6 is 0 Å². The lowest BCUT2D eigenvalue weighted by Crippen LogP contribution is -2.50. The van der Waals surface area contributed by atoms with Crippen molar-refractivity contribution in [3.8, 4) is 5.75 Å². The van der Waals surface area contributed by atoms with Gasteiger partial charge in [0.05, 0.1) is 6.61 Å². The van der Waals surface area contributed by atoms with E-state index >= 15 is 0 Å². The van der Waals surface area contributed by atoms with E-state index in [1.807, 2.05) is 20.8 Å². The van der Waals surface area contributed by atoms with Crippen LogP contribution in [0.25, 0.3) is 0 Å². The van der Waals surface area contributed by atoms with Crippen LogP contribution in [0.2, 0.25) is 0 Å². The maximum atomic E-state index is 14.1. The first-order valence-electron chi connectivity index (χ1n) is 11.3. The van der Waals surface area contributed by atoms with Gasteiger partial charge in [0.25, 0.3) is 0 Å². The van der Waals surface area contributed by atoms with Gasteiger partial charge in [-0.25, -0.2) is 26.8 Å². The SMILES string of the molecule is CC(C)c1noc(N2CCN(C(C)CCOc3cc(F)c(S(C)(=O)=O)cc3F)CC2)n1.O=C(O)C(=O)O. The third kappa shape index (κ3) is 8.63. The van der Waals surface area contributed by atoms with Crippen molar-refractivity contribution in [2.45, 2.75) is 44.0 Å². The second-order valence-electron chi connectivity index (χ2n) is 8.69. The minimum Gasteiger partial charge on any atom is -0.490 e. The third-order valence-electron chi connectivity index (χ3n) is 5.52. The fourth-order valence-electron chi connectivity index (χ4n) is 3.37. The van der Waals surface area contributed by atoms with Gasteiger partial charge in [-0.05, 0) is 19.4 Å². The standard InChI is InChI=1S/C20H28F2N4O4S.C2H2O4/c1-13(2)19-23-20(30-24-19)26-8-6-25(7-9-26)14(3)5-10-29-17-11-16(22)18(12-15(17)21)31(4,27)28;3-1(4)2(5)6/h11-14H,5-10H2,1-4H3;(H,3,4)(H,5,6). The molecule has 12 nitrogen and oxygen atoms in total. The van der Waals surface area contributed by atoms with Gasteiger partial charge < -0.3 is 24.4 Å². The highest BCUT2D eigenvalue weighted by Gasteiger charge is 2.25. The van der Waals surface area contributed by atoms with E-state index in [0.29, 0.717) is 24.3 Å². The van der Waals surface area contributed by atoms with Crippen LogP contribution in [0.1, 0.15) is 38.9 Å². The topological polar surface area (TPSA) is 163 Å². The molecule has 2 N–H and O–H groups in total. The van der Waals surface area contributed by atoms with Crippen molar-refractivity contribution < 1.29 is 46.3 Å². The summed E-state index contributed by atoms with van der Waals surface area (Å²) in [6.45, 7) is 9.34. The highest BCUT2D eigenvalue weighted by molar-refractivity contribution is 7.90. The fraction of sp³-hybridized carbons (Fsp3) is 0.545. The molecule has 1 saturated heterocycles. The number of hydrogen-bond acceptors (Lipinski definition) is 10. The van der Waals surface area contributed by atoms with Gasteiger partial charge in [-0.3, -0.25) is 4.90 Å². The van der Waals surface area contributed by atoms with Crippen LogP contribution in [0.3, 0.4) is 0 Å². The van der Waals surface area contributed by atoms with Crippen molar-refractivity contribution in [3.05, 3.63) is 29.6 Å². The first kappa shape index (κ1) is 29.9. The Morgan fingerprint density at radius 1 is 1.08 bits per heavy atom. The summed E-state index contributed by atoms with van der Waals surface area (Å²) >= 11 is 0. The second kappa shape index (κ2) is 12.8. The minimum absolute atomic E-state index is 0.166. The Bertz CT molecular complexity index is 1190. The molecular weight excluding hydrogens is 518 g/mol. The zero-order valence-electron chi connectivity index (χ0n) is 20.8. The molecule has 1 atom stereocenters. The zero-order chi connectivity index (χ0) is 27.9. The molecule has 206 valence electrons. The van der Waals surface area contributed by atoms with Gasteiger partial charge in [0.2, 0.25) is 0 Å². The van der Waals surface area contributed by atoms with Gasteiger partial charge in [-0.15, -0.1) is 0 Å². The van der Waals surface area contributed by atoms with Crippen molar-refractivity contribution in [1.82, 2.24) is 15.0 Å². The number of nitrogens with zero attached hydrogens (tertiary/aromatic N) is 4. The number of carbonyl (C=O) groups is 2. The number of halogens is 2. The molecule has 3 rings (SSSR count). The lowest BCUT2D eigenvalue weighted by molar-refractivity contribution is -0.159. The Morgan fingerprint density at radius 2 is 1.68 bits per heavy atom. The van der Waals surface area contributed by atoms with Crippen molar-refractivity contribution in [2.24, 2.45) is 0 Å². The number of sulfone groups is 1. The predicted molar refractivity (Wildman–Crippen MR) is 126 cm³/mol. The maximum absolute atomic E-state index is 14.1. The molecule has 0 radical (unpaired) electrons. The molecule has 37 heavy (non-hydrogen) atoms. The molecule has 1 aromatic heterocycles. The summed E-state index contributed by atoms with van der Waals surface area (Å²) in [5, 5.41) is 18.8. The van der Waals surface area contributed by atoms with Crippen LogP contribution in [0.5, 0.6) is 5.75 Å². The monoisotopic (exact) mass is 548 g/mol. The number of benzene rings is 1. The van der Waals surface area contributed by atoms with E-state index in [0.717, 1.165) is 38.5 Å². The van der Waals surface area contributed by atoms with Gasteiger partial charge in [-0.1, -0.05) is 19.0 Å². The highest BCUT2D eigenvalue weighted by Crippen LogP contribution is 2.25. The lowest BCUT2D eigenvalue weighted by Gasteiger charge is -2.37. The molecule has 1 aliphatic heterocycles. The van der Waals surface area contributed by atoms with Gasteiger partial charge >= 0.3 is 18.0 Å². The van der Waals surface area contributed by atoms with Crippen molar-refractivity contribution >= 4 is 27.8 Å². The Balaban J connectivity index is 0.000000717. The van der Waals surface area contributed by atoms with Crippen LogP contribution in [0.15, 0.2) is 21.6 Å². The number of aromatic nitrogens is 2. The number of carboxylic acid groups (broad SMARTS) is 2. The van der Waals surface area contributed by atoms with E-state index in [1.54, 1.807) is 0 Å². The van der Waals surface area contributed by atoms with Gasteiger partial charge in [0.15, 0.2) is 27.2 Å². The smallest absolute Gasteiger partial charge is 0.414 e. The van der Waals surface area contributed by atoms with Gasteiger partial charge in [0, 0.05) is 50.5 Å². The quantitative estimate of drug-likeness (QED) is 0.462. The first-order chi connectivity index (χ1) is 17.2. The molecule has 0 bridgehead atoms. The summed E-state index contributed by atoms with van der Waals surface area (Å²) < 4.78 is 61.7. The van der Waals surface area contributed by atoms with Crippen molar-refractivity contribution in [1.29, 1.82) is 0 Å². The van der Waals surface area contributed by atoms with Crippen molar-refractivity contribution in [2.75, 3.05) is 43.9 Å². The maximum Gasteiger partial charge on any atom is 0.414 e. The van der Waals surface area contributed by atoms with Crippen LogP contribution in [0.4, 0.5) is 14.8 Å². The second-order valence-corrected chi connectivity index (χ2v) is 10.7. The van der Waals surface area contributed by atoms with E-state index < -0.39 is 38.3 Å². The summed E-state index contributed by atoms with van der Waals surface area (Å²) in [4.78, 5) is 26.3. The van der Waals surface area contributed by atoms with Crippen LogP contribution in [-0.2, 0) is 19.4 Å². The van der Waals surface area contributed by atoms with Crippen LogP contribution < -0.4 is 9.64 Å². The summed E-state index contributed by atoms with van der Waals surface area (Å²) in [6, 6.07) is 2.14. The highest BCUT2D eigenvalue weighted by atomic mass is 32.2. The number of rotatable bonds is 8. The summed E-state index contributed by atoms with van der Waals surface area (Å²) in [7, 11) is -3.85. The molecule has 2 heterocycles. The van der Waals surface area contributed by atoms with E-state index in [2.05, 4.69) is 19.9 Å². The lowest BCUT2D eigenvalue weighted by atomic mass is 10.2. The van der Waals surface area contributed by atoms with E-state index in [-0.39, 0.29) is 24.3 Å². The molecule has 1 fully saturated rings. The average Bonchev–Trinajstić information content (AvgIpc) is 3.31. The molecule has 0 amide bonds. The summed E-state index contributed by atoms with van der Waals surface area (Å²) in [5.41, 5.74) is 0. The summed E-state index contributed by atoms with van der Waals surface area (Å²) in [5.74, 6) is -4.96. The molecule has 1 unspecified atom stereocenters. The van der Waals surface area contributed by atoms with Crippen molar-refractivity contribution in [3.63, 3.8) is 0 Å². The number of carboxylic acids is 2. The first-order valence-corrected chi connectivity index (χ1v) is 13.2. The Kier molecular flexibility index (Phi) is 10.3. The molecule has 0 saturated carbocycles.